The Hall–Kier alpha value is -2.28. The zero-order valence-corrected chi connectivity index (χ0v) is 18.1. The lowest BCUT2D eigenvalue weighted by molar-refractivity contribution is -0.117. The molecule has 0 saturated carbocycles. The van der Waals surface area contributed by atoms with Crippen molar-refractivity contribution in [3.05, 3.63) is 52.5 Å². The van der Waals surface area contributed by atoms with Gasteiger partial charge < -0.3 is 14.8 Å². The third-order valence-corrected chi connectivity index (χ3v) is 5.74. The van der Waals surface area contributed by atoms with Crippen molar-refractivity contribution in [1.29, 1.82) is 0 Å². The molecule has 2 aliphatic heterocycles. The number of halogens is 1. The summed E-state index contributed by atoms with van der Waals surface area (Å²) in [6.07, 6.45) is 0.823. The molecule has 30 heavy (non-hydrogen) atoms. The molecule has 2 aromatic rings. The highest BCUT2D eigenvalue weighted by Crippen LogP contribution is 2.37. The summed E-state index contributed by atoms with van der Waals surface area (Å²) in [5.41, 5.74) is 3.19. The van der Waals surface area contributed by atoms with Crippen molar-refractivity contribution in [3.63, 3.8) is 0 Å². The van der Waals surface area contributed by atoms with Gasteiger partial charge >= 0.3 is 0 Å². The van der Waals surface area contributed by atoms with Crippen LogP contribution < -0.4 is 14.8 Å². The number of hydrogen-bond acceptors (Lipinski definition) is 5. The number of amides is 1. The maximum atomic E-state index is 12.6. The molecule has 0 spiro atoms. The number of benzene rings is 2. The second kappa shape index (κ2) is 9.69. The highest BCUT2D eigenvalue weighted by atomic mass is 35.5. The SMILES string of the molecule is Cc1cccc(CN2CCN(CC(=O)Nc3cc4c(cc3Cl)OCCCO4)CC2)c1. The Morgan fingerprint density at radius 3 is 2.47 bits per heavy atom. The smallest absolute Gasteiger partial charge is 0.238 e. The molecule has 1 N–H and O–H groups in total. The number of carbonyl (C=O) groups is 1. The molecule has 0 aliphatic carbocycles. The van der Waals surface area contributed by atoms with Gasteiger partial charge in [-0.25, -0.2) is 0 Å². The molecule has 4 rings (SSSR count). The zero-order valence-electron chi connectivity index (χ0n) is 17.3. The lowest BCUT2D eigenvalue weighted by Gasteiger charge is -2.34. The molecule has 2 aliphatic rings. The number of nitrogens with zero attached hydrogens (tertiary/aromatic N) is 2. The van der Waals surface area contributed by atoms with Crippen molar-refractivity contribution < 1.29 is 14.3 Å². The number of ether oxygens (including phenoxy) is 2. The van der Waals surface area contributed by atoms with Crippen molar-refractivity contribution in [2.45, 2.75) is 19.9 Å². The molecule has 2 heterocycles. The van der Waals surface area contributed by atoms with Crippen LogP contribution in [0.1, 0.15) is 17.5 Å². The quantitative estimate of drug-likeness (QED) is 0.787. The molecule has 0 atom stereocenters. The second-order valence-electron chi connectivity index (χ2n) is 7.92. The van der Waals surface area contributed by atoms with Crippen LogP contribution in [0, 0.1) is 6.92 Å². The van der Waals surface area contributed by atoms with E-state index in [-0.39, 0.29) is 5.91 Å². The Labute approximate surface area is 182 Å². The largest absolute Gasteiger partial charge is 0.490 e. The second-order valence-corrected chi connectivity index (χ2v) is 8.33. The highest BCUT2D eigenvalue weighted by molar-refractivity contribution is 6.34. The van der Waals surface area contributed by atoms with E-state index >= 15 is 0 Å². The van der Waals surface area contributed by atoms with Gasteiger partial charge in [-0.05, 0) is 12.5 Å². The molecule has 0 aromatic heterocycles. The number of rotatable bonds is 5. The normalized spacial score (nSPS) is 17.4. The lowest BCUT2D eigenvalue weighted by atomic mass is 10.1. The molecule has 1 saturated heterocycles. The summed E-state index contributed by atoms with van der Waals surface area (Å²) >= 11 is 6.34. The van der Waals surface area contributed by atoms with Crippen LogP contribution in [0.15, 0.2) is 36.4 Å². The summed E-state index contributed by atoms with van der Waals surface area (Å²) in [5.74, 6) is 1.18. The summed E-state index contributed by atoms with van der Waals surface area (Å²) in [6, 6.07) is 12.1. The minimum atomic E-state index is -0.0708. The van der Waals surface area contributed by atoms with Gasteiger partial charge in [0.05, 0.1) is 30.5 Å². The molecule has 160 valence electrons. The van der Waals surface area contributed by atoms with Crippen LogP contribution in [0.3, 0.4) is 0 Å². The van der Waals surface area contributed by atoms with E-state index in [9.17, 15) is 4.79 Å². The van der Waals surface area contributed by atoms with E-state index in [1.54, 1.807) is 12.1 Å². The van der Waals surface area contributed by atoms with Gasteiger partial charge in [-0.1, -0.05) is 41.4 Å². The van der Waals surface area contributed by atoms with E-state index in [1.165, 1.54) is 11.1 Å². The first-order valence-corrected chi connectivity index (χ1v) is 10.8. The average Bonchev–Trinajstić information content (AvgIpc) is 2.95. The number of carbonyl (C=O) groups excluding carboxylic acids is 1. The molecule has 2 aromatic carbocycles. The van der Waals surface area contributed by atoms with Crippen molar-refractivity contribution in [3.8, 4) is 11.5 Å². The Bertz CT molecular complexity index is 897. The van der Waals surface area contributed by atoms with Crippen LogP contribution in [0.2, 0.25) is 5.02 Å². The van der Waals surface area contributed by atoms with Crippen molar-refractivity contribution in [2.75, 3.05) is 51.3 Å². The summed E-state index contributed by atoms with van der Waals surface area (Å²) in [5, 5.41) is 3.38. The topological polar surface area (TPSA) is 54.0 Å². The molecule has 7 heteroatoms. The minimum absolute atomic E-state index is 0.0708. The van der Waals surface area contributed by atoms with Crippen molar-refractivity contribution in [1.82, 2.24) is 9.80 Å². The first-order chi connectivity index (χ1) is 14.6. The van der Waals surface area contributed by atoms with Gasteiger partial charge in [0.25, 0.3) is 0 Å². The predicted octanol–water partition coefficient (Wildman–Crippen LogP) is 3.57. The minimum Gasteiger partial charge on any atom is -0.490 e. The number of nitrogens with one attached hydrogen (secondary N) is 1. The van der Waals surface area contributed by atoms with Gasteiger partial charge in [0, 0.05) is 51.3 Å². The van der Waals surface area contributed by atoms with Crippen LogP contribution in [-0.2, 0) is 11.3 Å². The van der Waals surface area contributed by atoms with E-state index in [4.69, 9.17) is 21.1 Å². The first-order valence-electron chi connectivity index (χ1n) is 10.5. The van der Waals surface area contributed by atoms with Crippen molar-refractivity contribution in [2.24, 2.45) is 0 Å². The molecule has 1 fully saturated rings. The fourth-order valence-corrected chi connectivity index (χ4v) is 4.05. The van der Waals surface area contributed by atoms with Gasteiger partial charge in [-0.15, -0.1) is 0 Å². The predicted molar refractivity (Wildman–Crippen MR) is 119 cm³/mol. The molecule has 0 radical (unpaired) electrons. The number of fused-ring (bicyclic) bond motifs is 1. The number of piperazine rings is 1. The van der Waals surface area contributed by atoms with Gasteiger partial charge in [-0.2, -0.15) is 0 Å². The summed E-state index contributed by atoms with van der Waals surface area (Å²) in [6.45, 7) is 8.26. The number of anilines is 1. The Morgan fingerprint density at radius 2 is 1.73 bits per heavy atom. The molecule has 6 nitrogen and oxygen atoms in total. The van der Waals surface area contributed by atoms with Gasteiger partial charge in [0.2, 0.25) is 5.91 Å². The monoisotopic (exact) mass is 429 g/mol. The van der Waals surface area contributed by atoms with Crippen molar-refractivity contribution >= 4 is 23.2 Å². The third kappa shape index (κ3) is 5.45. The van der Waals surface area contributed by atoms with Crippen LogP contribution in [-0.4, -0.2) is 61.6 Å². The summed E-state index contributed by atoms with van der Waals surface area (Å²) in [4.78, 5) is 17.2. The molecular formula is C23H28ClN3O3. The summed E-state index contributed by atoms with van der Waals surface area (Å²) < 4.78 is 11.3. The highest BCUT2D eigenvalue weighted by Gasteiger charge is 2.20. The van der Waals surface area contributed by atoms with E-state index in [0.717, 1.165) is 39.1 Å². The van der Waals surface area contributed by atoms with Gasteiger partial charge in [0.1, 0.15) is 0 Å². The maximum absolute atomic E-state index is 12.6. The fourth-order valence-electron chi connectivity index (χ4n) is 3.85. The first kappa shape index (κ1) is 21.0. The average molecular weight is 430 g/mol. The van der Waals surface area contributed by atoms with Crippen LogP contribution in [0.4, 0.5) is 5.69 Å². The zero-order chi connectivity index (χ0) is 20.9. The van der Waals surface area contributed by atoms with Crippen LogP contribution in [0.5, 0.6) is 11.5 Å². The lowest BCUT2D eigenvalue weighted by Crippen LogP contribution is -2.48. The van der Waals surface area contributed by atoms with Crippen LogP contribution >= 0.6 is 11.6 Å². The number of aryl methyl sites for hydroxylation is 1. The number of hydrogen-bond donors (Lipinski definition) is 1. The molecular weight excluding hydrogens is 402 g/mol. The van der Waals surface area contributed by atoms with Gasteiger partial charge in [0.15, 0.2) is 11.5 Å². The standard InChI is InChI=1S/C23H28ClN3O3/c1-17-4-2-5-18(12-17)15-26-6-8-27(9-7-26)16-23(28)25-20-14-22-21(13-19(20)24)29-10-3-11-30-22/h2,4-5,12-14H,3,6-11,15-16H2,1H3,(H,25,28). The summed E-state index contributed by atoms with van der Waals surface area (Å²) in [7, 11) is 0. The Morgan fingerprint density at radius 1 is 1.03 bits per heavy atom. The van der Waals surface area contributed by atoms with E-state index in [0.29, 0.717) is 42.0 Å². The molecule has 1 amide bonds. The molecule has 0 unspecified atom stereocenters. The third-order valence-electron chi connectivity index (χ3n) is 5.43. The van der Waals surface area contributed by atoms with E-state index in [2.05, 4.69) is 46.3 Å². The molecule has 0 bridgehead atoms. The Balaban J connectivity index is 1.27. The van der Waals surface area contributed by atoms with Crippen LogP contribution in [0.25, 0.3) is 0 Å². The van der Waals surface area contributed by atoms with E-state index < -0.39 is 0 Å². The van der Waals surface area contributed by atoms with Gasteiger partial charge in [-0.3, -0.25) is 14.6 Å². The van der Waals surface area contributed by atoms with E-state index in [1.807, 2.05) is 0 Å². The Kier molecular flexibility index (Phi) is 6.77. The fraction of sp³-hybridized carbons (Fsp3) is 0.435. The maximum Gasteiger partial charge on any atom is 0.238 e.